The highest BCUT2D eigenvalue weighted by atomic mass is 16.6. The third-order valence-corrected chi connectivity index (χ3v) is 7.17. The number of carboxylic acid groups (broad SMARTS) is 1. The molecular formula is C30H36N6O9. The molecule has 1 aliphatic rings. The minimum atomic E-state index is -1.15. The number of hydrogen-bond donors (Lipinski definition) is 5. The van der Waals surface area contributed by atoms with Crippen LogP contribution >= 0.6 is 0 Å². The van der Waals surface area contributed by atoms with Gasteiger partial charge in [0.05, 0.1) is 11.3 Å². The number of carboxylic acids is 1. The molecule has 5 amide bonds. The number of benzene rings is 2. The van der Waals surface area contributed by atoms with Crippen molar-refractivity contribution in [3.8, 4) is 0 Å². The first kappa shape index (κ1) is 34.2. The van der Waals surface area contributed by atoms with Gasteiger partial charge in [-0.25, -0.2) is 0 Å². The second kappa shape index (κ2) is 15.9. The fourth-order valence-electron chi connectivity index (χ4n) is 4.77. The summed E-state index contributed by atoms with van der Waals surface area (Å²) in [6.07, 6.45) is 0.283. The number of amides is 5. The molecule has 2 aromatic carbocycles. The molecule has 15 nitrogen and oxygen atoms in total. The van der Waals surface area contributed by atoms with Crippen molar-refractivity contribution in [2.45, 2.75) is 70.1 Å². The van der Waals surface area contributed by atoms with Gasteiger partial charge >= 0.3 is 5.97 Å². The van der Waals surface area contributed by atoms with Gasteiger partial charge in [-0.1, -0.05) is 30.3 Å². The zero-order valence-corrected chi connectivity index (χ0v) is 24.9. The number of nitrogens with zero attached hydrogens (tertiary/aromatic N) is 2. The summed E-state index contributed by atoms with van der Waals surface area (Å²) in [5, 5.41) is 30.0. The number of anilines is 1. The van der Waals surface area contributed by atoms with Crippen LogP contribution in [0.3, 0.4) is 0 Å². The summed E-state index contributed by atoms with van der Waals surface area (Å²) in [5.74, 6) is -4.08. The number of nitro benzene ring substituents is 1. The lowest BCUT2D eigenvalue weighted by Gasteiger charge is -2.29. The van der Waals surface area contributed by atoms with E-state index in [-0.39, 0.29) is 25.1 Å². The van der Waals surface area contributed by atoms with Crippen LogP contribution in [-0.4, -0.2) is 81.1 Å². The fraction of sp³-hybridized carbons (Fsp3) is 0.400. The van der Waals surface area contributed by atoms with E-state index in [9.17, 15) is 38.9 Å². The molecule has 0 aliphatic carbocycles. The van der Waals surface area contributed by atoms with Gasteiger partial charge in [-0.15, -0.1) is 0 Å². The van der Waals surface area contributed by atoms with Gasteiger partial charge in [0.2, 0.25) is 29.5 Å². The summed E-state index contributed by atoms with van der Waals surface area (Å²) < 4.78 is 0. The molecule has 45 heavy (non-hydrogen) atoms. The number of rotatable bonds is 14. The molecule has 0 bridgehead atoms. The minimum Gasteiger partial charge on any atom is -0.481 e. The zero-order valence-electron chi connectivity index (χ0n) is 24.9. The van der Waals surface area contributed by atoms with E-state index in [1.165, 1.54) is 43.0 Å². The smallest absolute Gasteiger partial charge is 0.303 e. The van der Waals surface area contributed by atoms with Gasteiger partial charge in [-0.2, -0.15) is 0 Å². The molecular weight excluding hydrogens is 588 g/mol. The van der Waals surface area contributed by atoms with E-state index in [2.05, 4.69) is 21.3 Å². The summed E-state index contributed by atoms with van der Waals surface area (Å²) in [6.45, 7) is 3.09. The number of non-ortho nitro benzene ring substituents is 1. The van der Waals surface area contributed by atoms with E-state index >= 15 is 0 Å². The van der Waals surface area contributed by atoms with Gasteiger partial charge in [0, 0.05) is 37.2 Å². The molecule has 1 fully saturated rings. The molecule has 15 heteroatoms. The van der Waals surface area contributed by atoms with Crippen LogP contribution in [0, 0.1) is 10.1 Å². The fourth-order valence-corrected chi connectivity index (χ4v) is 4.77. The van der Waals surface area contributed by atoms with E-state index in [0.29, 0.717) is 18.5 Å². The monoisotopic (exact) mass is 624 g/mol. The Morgan fingerprint density at radius 2 is 1.58 bits per heavy atom. The average molecular weight is 625 g/mol. The molecule has 0 saturated carbocycles. The standard InChI is InChI=1S/C30H36N6O9/c1-18(31-25(37)14-15-26(38)39)27(40)32-19(2)30(43)35-16-6-9-24(35)29(42)34-23(17-20-7-4-3-5-8-20)28(41)33-21-10-12-22(13-11-21)36(44)45/h3-5,7-8,10-13,18-19,23-24H,6,9,14-17H2,1-2H3,(H,31,37)(H,32,40)(H,33,41)(H,34,42)(H,38,39)/t18-,19+,23+,24-/m0/s1. The first-order valence-corrected chi connectivity index (χ1v) is 14.4. The zero-order chi connectivity index (χ0) is 33.1. The Morgan fingerprint density at radius 1 is 0.911 bits per heavy atom. The number of aliphatic carboxylic acids is 1. The minimum absolute atomic E-state index is 0.134. The molecule has 0 aromatic heterocycles. The van der Waals surface area contributed by atoms with Gasteiger partial charge in [-0.3, -0.25) is 38.9 Å². The van der Waals surface area contributed by atoms with E-state index in [1.54, 1.807) is 24.3 Å². The van der Waals surface area contributed by atoms with Crippen LogP contribution < -0.4 is 21.3 Å². The number of carbonyl (C=O) groups excluding carboxylic acids is 5. The van der Waals surface area contributed by atoms with Crippen molar-refractivity contribution >= 4 is 46.9 Å². The molecule has 2 aromatic rings. The maximum absolute atomic E-state index is 13.5. The second-order valence-electron chi connectivity index (χ2n) is 10.6. The van der Waals surface area contributed by atoms with Crippen molar-refractivity contribution in [2.75, 3.05) is 11.9 Å². The van der Waals surface area contributed by atoms with E-state index in [1.807, 2.05) is 6.07 Å². The predicted octanol–water partition coefficient (Wildman–Crippen LogP) is 1.13. The third kappa shape index (κ3) is 10.1. The van der Waals surface area contributed by atoms with Gasteiger partial charge in [0.15, 0.2) is 0 Å². The molecule has 5 N–H and O–H groups in total. The van der Waals surface area contributed by atoms with Crippen LogP contribution in [0.25, 0.3) is 0 Å². The van der Waals surface area contributed by atoms with Crippen LogP contribution in [0.4, 0.5) is 11.4 Å². The lowest BCUT2D eigenvalue weighted by molar-refractivity contribution is -0.384. The average Bonchev–Trinajstić information content (AvgIpc) is 3.50. The molecule has 1 aliphatic heterocycles. The first-order valence-electron chi connectivity index (χ1n) is 14.4. The highest BCUT2D eigenvalue weighted by Gasteiger charge is 2.38. The molecule has 0 radical (unpaired) electrons. The van der Waals surface area contributed by atoms with Gasteiger partial charge in [0.25, 0.3) is 5.69 Å². The van der Waals surface area contributed by atoms with Crippen molar-refractivity contribution in [1.29, 1.82) is 0 Å². The Morgan fingerprint density at radius 3 is 2.20 bits per heavy atom. The number of nitro groups is 1. The first-order chi connectivity index (χ1) is 21.3. The van der Waals surface area contributed by atoms with Gasteiger partial charge < -0.3 is 31.3 Å². The van der Waals surface area contributed by atoms with Crippen molar-refractivity contribution < 1.29 is 38.8 Å². The highest BCUT2D eigenvalue weighted by molar-refractivity contribution is 5.99. The highest BCUT2D eigenvalue weighted by Crippen LogP contribution is 2.20. The van der Waals surface area contributed by atoms with Gasteiger partial charge in [0.1, 0.15) is 24.2 Å². The lowest BCUT2D eigenvalue weighted by atomic mass is 10.0. The van der Waals surface area contributed by atoms with Crippen molar-refractivity contribution in [3.63, 3.8) is 0 Å². The largest absolute Gasteiger partial charge is 0.481 e. The Bertz CT molecular complexity index is 1420. The topological polar surface area (TPSA) is 217 Å². The molecule has 0 unspecified atom stereocenters. The van der Waals surface area contributed by atoms with Crippen molar-refractivity contribution in [2.24, 2.45) is 0 Å². The Balaban J connectivity index is 1.65. The Labute approximate surface area is 258 Å². The maximum atomic E-state index is 13.5. The maximum Gasteiger partial charge on any atom is 0.303 e. The van der Waals surface area contributed by atoms with Crippen LogP contribution in [0.2, 0.25) is 0 Å². The van der Waals surface area contributed by atoms with Crippen LogP contribution in [0.1, 0.15) is 45.1 Å². The second-order valence-corrected chi connectivity index (χ2v) is 10.6. The van der Waals surface area contributed by atoms with Crippen molar-refractivity contribution in [1.82, 2.24) is 20.9 Å². The Kier molecular flexibility index (Phi) is 12.1. The molecule has 240 valence electrons. The number of carbonyl (C=O) groups is 6. The van der Waals surface area contributed by atoms with Crippen LogP contribution in [-0.2, 0) is 35.2 Å². The summed E-state index contributed by atoms with van der Waals surface area (Å²) >= 11 is 0. The molecule has 0 spiro atoms. The Hall–Kier alpha value is -5.34. The SMILES string of the molecule is C[C@H](NC(=O)CCC(=O)O)C(=O)N[C@H](C)C(=O)N1CCC[C@H]1C(=O)N[C@H](Cc1ccccc1)C(=O)Nc1ccc([N+](=O)[O-])cc1. The number of likely N-dealkylation sites (tertiary alicyclic amines) is 1. The molecule has 1 saturated heterocycles. The quantitative estimate of drug-likeness (QED) is 0.150. The van der Waals surface area contributed by atoms with E-state index < -0.39 is 71.0 Å². The van der Waals surface area contributed by atoms with Gasteiger partial charge in [-0.05, 0) is 44.4 Å². The molecule has 3 rings (SSSR count). The lowest BCUT2D eigenvalue weighted by Crippen LogP contribution is -2.56. The number of hydrogen-bond acceptors (Lipinski definition) is 8. The summed E-state index contributed by atoms with van der Waals surface area (Å²) in [7, 11) is 0. The normalized spacial score (nSPS) is 16.0. The third-order valence-electron chi connectivity index (χ3n) is 7.17. The number of nitrogens with one attached hydrogen (secondary N) is 4. The summed E-state index contributed by atoms with van der Waals surface area (Å²) in [5.41, 5.74) is 0.919. The molecule has 1 heterocycles. The summed E-state index contributed by atoms with van der Waals surface area (Å²) in [6, 6.07) is 10.2. The van der Waals surface area contributed by atoms with E-state index in [0.717, 1.165) is 5.56 Å². The van der Waals surface area contributed by atoms with E-state index in [4.69, 9.17) is 5.11 Å². The molecule has 4 atom stereocenters. The van der Waals surface area contributed by atoms with Crippen molar-refractivity contribution in [3.05, 3.63) is 70.3 Å². The predicted molar refractivity (Wildman–Crippen MR) is 161 cm³/mol. The van der Waals surface area contributed by atoms with Crippen LogP contribution in [0.15, 0.2) is 54.6 Å². The summed E-state index contributed by atoms with van der Waals surface area (Å²) in [4.78, 5) is 86.9. The van der Waals surface area contributed by atoms with Crippen LogP contribution in [0.5, 0.6) is 0 Å².